The van der Waals surface area contributed by atoms with Crippen molar-refractivity contribution in [1.29, 1.82) is 0 Å². The summed E-state index contributed by atoms with van der Waals surface area (Å²) in [6.07, 6.45) is 3.04. The van der Waals surface area contributed by atoms with Crippen molar-refractivity contribution >= 4 is 35.1 Å². The zero-order valence-electron chi connectivity index (χ0n) is 17.3. The van der Waals surface area contributed by atoms with Gasteiger partial charge in [-0.25, -0.2) is 14.8 Å². The van der Waals surface area contributed by atoms with E-state index in [-0.39, 0.29) is 16.5 Å². The Labute approximate surface area is 191 Å². The van der Waals surface area contributed by atoms with E-state index in [0.29, 0.717) is 22.1 Å². The maximum Gasteiger partial charge on any atom is 0.387 e. The van der Waals surface area contributed by atoms with Gasteiger partial charge in [0.2, 0.25) is 5.78 Å². The normalized spacial score (nSPS) is 11.0. The van der Waals surface area contributed by atoms with Gasteiger partial charge in [-0.1, -0.05) is 23.4 Å². The van der Waals surface area contributed by atoms with Crippen LogP contribution in [-0.2, 0) is 4.74 Å². The van der Waals surface area contributed by atoms with Crippen molar-refractivity contribution in [3.8, 4) is 11.4 Å². The van der Waals surface area contributed by atoms with Crippen molar-refractivity contribution in [3.05, 3.63) is 64.2 Å². The highest BCUT2D eigenvalue weighted by Gasteiger charge is 2.21. The summed E-state index contributed by atoms with van der Waals surface area (Å²) in [4.78, 5) is 33.0. The van der Waals surface area contributed by atoms with E-state index in [2.05, 4.69) is 14.7 Å². The molecule has 7 nitrogen and oxygen atoms in total. The van der Waals surface area contributed by atoms with Crippen LogP contribution < -0.4 is 4.74 Å². The number of halogens is 3. The topological polar surface area (TPSA) is 83.3 Å². The van der Waals surface area contributed by atoms with E-state index in [4.69, 9.17) is 16.3 Å². The predicted octanol–water partition coefficient (Wildman–Crippen LogP) is 4.90. The van der Waals surface area contributed by atoms with Gasteiger partial charge >= 0.3 is 12.6 Å². The average molecular weight is 482 g/mol. The highest BCUT2D eigenvalue weighted by atomic mass is 35.5. The molecule has 0 aliphatic heterocycles. The molecule has 0 atom stereocenters. The monoisotopic (exact) mass is 481 g/mol. The first-order valence-electron chi connectivity index (χ1n) is 9.22. The van der Waals surface area contributed by atoms with E-state index in [1.54, 1.807) is 42.9 Å². The molecule has 11 heteroatoms. The highest BCUT2D eigenvalue weighted by molar-refractivity contribution is 7.98. The van der Waals surface area contributed by atoms with E-state index < -0.39 is 25.0 Å². The van der Waals surface area contributed by atoms with Gasteiger partial charge in [-0.2, -0.15) is 8.78 Å². The quantitative estimate of drug-likeness (QED) is 0.196. The van der Waals surface area contributed by atoms with Gasteiger partial charge in [-0.05, 0) is 50.4 Å². The number of carbonyl (C=O) groups excluding carboxylic acids is 2. The number of benzene rings is 1. The van der Waals surface area contributed by atoms with Gasteiger partial charge < -0.3 is 14.0 Å². The fourth-order valence-corrected chi connectivity index (χ4v) is 3.60. The number of ether oxygens (including phenoxy) is 2. The van der Waals surface area contributed by atoms with Crippen molar-refractivity contribution in [2.75, 3.05) is 12.9 Å². The third kappa shape index (κ3) is 5.25. The Morgan fingerprint density at radius 1 is 1.22 bits per heavy atom. The molecule has 0 amide bonds. The first kappa shape index (κ1) is 23.7. The molecule has 0 saturated carbocycles. The van der Waals surface area contributed by atoms with Crippen molar-refractivity contribution in [1.82, 2.24) is 14.5 Å². The molecule has 0 bridgehead atoms. The lowest BCUT2D eigenvalue weighted by Crippen LogP contribution is -2.16. The largest absolute Gasteiger partial charge is 0.453 e. The Balaban J connectivity index is 1.75. The lowest BCUT2D eigenvalue weighted by Gasteiger charge is -2.11. The van der Waals surface area contributed by atoms with Gasteiger partial charge in [0.25, 0.3) is 0 Å². The van der Waals surface area contributed by atoms with E-state index in [1.165, 1.54) is 30.1 Å². The van der Waals surface area contributed by atoms with Crippen LogP contribution in [0.15, 0.2) is 41.7 Å². The molecule has 168 valence electrons. The van der Waals surface area contributed by atoms with Gasteiger partial charge in [0.05, 0.1) is 11.2 Å². The standard InChI is InChI=1S/C21H18ClF2N3O4S/c1-11-8-15(12(2)27(11)13-4-6-14(7-5-13)31-20(23)24)17(28)10-30-19(29)18-16(22)9-25-21(26-18)32-3/h4-9,20H,10H2,1-3H3. The molecular weight excluding hydrogens is 464 g/mol. The Bertz CT molecular complexity index is 1150. The number of hydrogen-bond donors (Lipinski definition) is 0. The molecule has 0 unspecified atom stereocenters. The van der Waals surface area contributed by atoms with Crippen molar-refractivity contribution in [3.63, 3.8) is 0 Å². The van der Waals surface area contributed by atoms with Gasteiger partial charge in [0.15, 0.2) is 17.5 Å². The summed E-state index contributed by atoms with van der Waals surface area (Å²) in [7, 11) is 0. The third-order valence-corrected chi connectivity index (χ3v) is 5.32. The summed E-state index contributed by atoms with van der Waals surface area (Å²) in [6.45, 7) is 0.119. The Morgan fingerprint density at radius 3 is 2.53 bits per heavy atom. The first-order chi connectivity index (χ1) is 15.2. The van der Waals surface area contributed by atoms with Gasteiger partial charge in [0.1, 0.15) is 5.75 Å². The molecule has 0 fully saturated rings. The van der Waals surface area contributed by atoms with Crippen LogP contribution in [0, 0.1) is 13.8 Å². The Morgan fingerprint density at radius 2 is 1.91 bits per heavy atom. The van der Waals surface area contributed by atoms with Crippen LogP contribution >= 0.6 is 23.4 Å². The number of thioether (sulfide) groups is 1. The summed E-state index contributed by atoms with van der Waals surface area (Å²) < 4.78 is 36.0. The Hall–Kier alpha value is -2.98. The minimum atomic E-state index is -2.91. The molecule has 2 aromatic heterocycles. The number of Topliss-reactive ketones (excluding diaryl/α,β-unsaturated/α-hetero) is 1. The van der Waals surface area contributed by atoms with Crippen LogP contribution in [-0.4, -0.2) is 45.8 Å². The highest BCUT2D eigenvalue weighted by Crippen LogP contribution is 2.24. The molecule has 0 aliphatic rings. The van der Waals surface area contributed by atoms with Crippen LogP contribution in [0.4, 0.5) is 8.78 Å². The average Bonchev–Trinajstić information content (AvgIpc) is 3.06. The molecule has 3 aromatic rings. The fraction of sp³-hybridized carbons (Fsp3) is 0.238. The second-order valence-electron chi connectivity index (χ2n) is 6.55. The number of carbonyl (C=O) groups is 2. The van der Waals surface area contributed by atoms with E-state index in [0.717, 1.165) is 5.69 Å². The molecule has 0 aliphatic carbocycles. The maximum atomic E-state index is 12.7. The van der Waals surface area contributed by atoms with Crippen LogP contribution in [0.2, 0.25) is 5.02 Å². The van der Waals surface area contributed by atoms with E-state index in [9.17, 15) is 18.4 Å². The summed E-state index contributed by atoms with van der Waals surface area (Å²) in [5.41, 5.74) is 2.26. The van der Waals surface area contributed by atoms with Crippen molar-refractivity contribution in [2.24, 2.45) is 0 Å². The van der Waals surface area contributed by atoms with Gasteiger partial charge in [-0.3, -0.25) is 4.79 Å². The summed E-state index contributed by atoms with van der Waals surface area (Å²) >= 11 is 7.20. The summed E-state index contributed by atoms with van der Waals surface area (Å²) in [5, 5.41) is 0.374. The second kappa shape index (κ2) is 10.1. The lowest BCUT2D eigenvalue weighted by molar-refractivity contribution is -0.0498. The number of esters is 1. The van der Waals surface area contributed by atoms with Gasteiger partial charge in [0, 0.05) is 22.6 Å². The maximum absolute atomic E-state index is 12.7. The fourth-order valence-electron chi connectivity index (χ4n) is 3.09. The molecule has 0 radical (unpaired) electrons. The van der Waals surface area contributed by atoms with Crippen LogP contribution in [0.25, 0.3) is 5.69 Å². The number of aryl methyl sites for hydroxylation is 1. The number of rotatable bonds is 8. The number of hydrogen-bond acceptors (Lipinski definition) is 7. The molecule has 0 spiro atoms. The smallest absolute Gasteiger partial charge is 0.387 e. The summed E-state index contributed by atoms with van der Waals surface area (Å²) in [5.74, 6) is -1.21. The summed E-state index contributed by atoms with van der Waals surface area (Å²) in [6, 6.07) is 7.70. The zero-order chi connectivity index (χ0) is 23.4. The second-order valence-corrected chi connectivity index (χ2v) is 7.73. The predicted molar refractivity (Wildman–Crippen MR) is 115 cm³/mol. The van der Waals surface area contributed by atoms with Crippen molar-refractivity contribution in [2.45, 2.75) is 25.6 Å². The SMILES string of the molecule is CSc1ncc(Cl)c(C(=O)OCC(=O)c2cc(C)n(-c3ccc(OC(F)F)cc3)c2C)n1. The first-order valence-corrected chi connectivity index (χ1v) is 10.8. The van der Waals surface area contributed by atoms with Crippen LogP contribution in [0.1, 0.15) is 32.2 Å². The van der Waals surface area contributed by atoms with Crippen LogP contribution in [0.5, 0.6) is 5.75 Å². The van der Waals surface area contributed by atoms with Gasteiger partial charge in [-0.15, -0.1) is 0 Å². The molecule has 1 aromatic carbocycles. The number of aromatic nitrogens is 3. The zero-order valence-corrected chi connectivity index (χ0v) is 18.8. The molecular formula is C21H18ClF2N3O4S. The van der Waals surface area contributed by atoms with E-state index >= 15 is 0 Å². The third-order valence-electron chi connectivity index (χ3n) is 4.48. The molecule has 0 saturated heterocycles. The number of nitrogens with zero attached hydrogens (tertiary/aromatic N) is 3. The molecule has 2 heterocycles. The Kier molecular flexibility index (Phi) is 7.47. The molecule has 32 heavy (non-hydrogen) atoms. The molecule has 3 rings (SSSR count). The lowest BCUT2D eigenvalue weighted by atomic mass is 10.1. The minimum absolute atomic E-state index is 0.0256. The van der Waals surface area contributed by atoms with E-state index in [1.807, 2.05) is 0 Å². The minimum Gasteiger partial charge on any atom is -0.453 e. The number of ketones is 1. The molecule has 0 N–H and O–H groups in total. The number of alkyl halides is 2. The van der Waals surface area contributed by atoms with Crippen LogP contribution in [0.3, 0.4) is 0 Å². The van der Waals surface area contributed by atoms with Crippen molar-refractivity contribution < 1.29 is 27.8 Å².